The van der Waals surface area contributed by atoms with Gasteiger partial charge in [-0.25, -0.2) is 0 Å². The van der Waals surface area contributed by atoms with Crippen molar-refractivity contribution < 1.29 is 9.90 Å². The molecule has 0 bridgehead atoms. The maximum absolute atomic E-state index is 11.5. The maximum Gasteiger partial charge on any atom is 0.139 e. The molecule has 0 aliphatic rings. The lowest BCUT2D eigenvalue weighted by Crippen LogP contribution is -2.17. The molecular formula is C18H21NO2. The molecule has 1 N–H and O–H groups in total. The highest BCUT2D eigenvalue weighted by molar-refractivity contribution is 5.86. The Kier molecular flexibility index (Phi) is 4.24. The number of carbonyl (C=O) groups is 1. The Bertz CT molecular complexity index is 699. The number of allylic oxidation sites excluding steroid dienone is 1. The molecule has 0 unspecified atom stereocenters. The molecule has 1 heterocycles. The van der Waals surface area contributed by atoms with E-state index in [9.17, 15) is 9.90 Å². The fraction of sp³-hybridized carbons (Fsp3) is 0.333. The van der Waals surface area contributed by atoms with E-state index < -0.39 is 11.5 Å². The molecule has 110 valence electrons. The number of hydrogen-bond acceptors (Lipinski definition) is 3. The van der Waals surface area contributed by atoms with E-state index in [1.807, 2.05) is 56.5 Å². The second kappa shape index (κ2) is 5.78. The molecule has 3 nitrogen and oxygen atoms in total. The number of hydrogen-bond donors (Lipinski definition) is 1. The number of pyridine rings is 1. The summed E-state index contributed by atoms with van der Waals surface area (Å²) in [4.78, 5) is 15.9. The van der Waals surface area contributed by atoms with Crippen LogP contribution in [0.3, 0.4) is 0 Å². The van der Waals surface area contributed by atoms with Crippen LogP contribution in [0.5, 0.6) is 0 Å². The number of carbonyl (C=O) groups excluding carboxylic acids is 1. The van der Waals surface area contributed by atoms with Gasteiger partial charge in [-0.15, -0.1) is 0 Å². The smallest absolute Gasteiger partial charge is 0.139 e. The summed E-state index contributed by atoms with van der Waals surface area (Å²) in [6.07, 6.45) is 5.07. The van der Waals surface area contributed by atoms with E-state index in [4.69, 9.17) is 0 Å². The van der Waals surface area contributed by atoms with Crippen molar-refractivity contribution >= 4 is 22.6 Å². The molecule has 0 saturated carbocycles. The zero-order chi connectivity index (χ0) is 15.6. The van der Waals surface area contributed by atoms with Gasteiger partial charge in [0.2, 0.25) is 0 Å². The Morgan fingerprint density at radius 3 is 2.62 bits per heavy atom. The molecule has 0 aliphatic heterocycles. The van der Waals surface area contributed by atoms with Crippen LogP contribution in [0.4, 0.5) is 0 Å². The Hall–Kier alpha value is -2.00. The van der Waals surface area contributed by atoms with Crippen molar-refractivity contribution in [1.29, 1.82) is 0 Å². The molecule has 1 aromatic carbocycles. The second-order valence-electron chi connectivity index (χ2n) is 6.00. The molecule has 2 rings (SSSR count). The van der Waals surface area contributed by atoms with Crippen LogP contribution in [-0.4, -0.2) is 15.9 Å². The molecule has 1 atom stereocenters. The number of nitrogens with zero attached hydrogens (tertiary/aromatic N) is 1. The number of benzene rings is 1. The first-order valence-electron chi connectivity index (χ1n) is 7.07. The van der Waals surface area contributed by atoms with Crippen LogP contribution >= 0.6 is 0 Å². The molecule has 1 aromatic heterocycles. The number of aromatic nitrogens is 1. The Labute approximate surface area is 125 Å². The normalized spacial score (nSPS) is 13.8. The molecule has 0 spiro atoms. The predicted octanol–water partition coefficient (Wildman–Crippen LogP) is 3.92. The zero-order valence-electron chi connectivity index (χ0n) is 12.9. The van der Waals surface area contributed by atoms with Gasteiger partial charge in [0.25, 0.3) is 0 Å². The van der Waals surface area contributed by atoms with Crippen molar-refractivity contribution in [2.45, 2.75) is 33.8 Å². The van der Waals surface area contributed by atoms with Gasteiger partial charge in [0.15, 0.2) is 0 Å². The number of ketones is 1. The summed E-state index contributed by atoms with van der Waals surface area (Å²) in [5, 5.41) is 11.7. The van der Waals surface area contributed by atoms with Crippen molar-refractivity contribution in [3.63, 3.8) is 0 Å². The van der Waals surface area contributed by atoms with E-state index in [0.29, 0.717) is 0 Å². The number of aliphatic hydroxyl groups is 1. The molecule has 0 amide bonds. The minimum atomic E-state index is -0.488. The molecule has 2 aromatic rings. The third kappa shape index (κ3) is 3.56. The fourth-order valence-corrected chi connectivity index (χ4v) is 1.94. The zero-order valence-corrected chi connectivity index (χ0v) is 12.9. The van der Waals surface area contributed by atoms with E-state index in [1.165, 1.54) is 0 Å². The highest BCUT2D eigenvalue weighted by atomic mass is 16.3. The summed E-state index contributed by atoms with van der Waals surface area (Å²) in [7, 11) is 0. The van der Waals surface area contributed by atoms with Gasteiger partial charge in [0, 0.05) is 17.0 Å². The number of aliphatic hydroxyl groups excluding tert-OH is 1. The van der Waals surface area contributed by atoms with Crippen molar-refractivity contribution in [2.75, 3.05) is 0 Å². The van der Waals surface area contributed by atoms with Crippen LogP contribution in [0.15, 0.2) is 36.5 Å². The van der Waals surface area contributed by atoms with Crippen LogP contribution in [0.25, 0.3) is 16.8 Å². The Morgan fingerprint density at radius 2 is 2.00 bits per heavy atom. The average molecular weight is 283 g/mol. The lowest BCUT2D eigenvalue weighted by atomic mass is 9.88. The second-order valence-corrected chi connectivity index (χ2v) is 6.00. The molecule has 0 saturated heterocycles. The molecule has 0 radical (unpaired) electrons. The van der Waals surface area contributed by atoms with E-state index in [1.54, 1.807) is 13.8 Å². The van der Waals surface area contributed by atoms with Crippen LogP contribution < -0.4 is 0 Å². The minimum absolute atomic E-state index is 0.121. The fourth-order valence-electron chi connectivity index (χ4n) is 1.94. The lowest BCUT2D eigenvalue weighted by molar-refractivity contribution is -0.122. The highest BCUT2D eigenvalue weighted by Crippen LogP contribution is 2.23. The monoisotopic (exact) mass is 283 g/mol. The summed E-state index contributed by atoms with van der Waals surface area (Å²) in [5.74, 6) is 0.121. The van der Waals surface area contributed by atoms with Crippen molar-refractivity contribution in [1.82, 2.24) is 4.98 Å². The van der Waals surface area contributed by atoms with Crippen LogP contribution in [0.2, 0.25) is 0 Å². The first-order chi connectivity index (χ1) is 9.79. The summed E-state index contributed by atoms with van der Waals surface area (Å²) in [6.45, 7) is 7.11. The molecule has 21 heavy (non-hydrogen) atoms. The first-order valence-corrected chi connectivity index (χ1v) is 7.07. The number of fused-ring (bicyclic) bond motifs is 1. The third-order valence-corrected chi connectivity index (χ3v) is 3.83. The Morgan fingerprint density at radius 1 is 1.29 bits per heavy atom. The van der Waals surface area contributed by atoms with Crippen molar-refractivity contribution in [3.05, 3.63) is 47.8 Å². The van der Waals surface area contributed by atoms with Gasteiger partial charge in [-0.3, -0.25) is 9.78 Å². The van der Waals surface area contributed by atoms with Crippen molar-refractivity contribution in [2.24, 2.45) is 5.41 Å². The largest absolute Gasteiger partial charge is 0.389 e. The van der Waals surface area contributed by atoms with Gasteiger partial charge in [-0.05, 0) is 56.9 Å². The SMILES string of the molecule is CC(=O)C(C)(C)/C=C/c1cc2cc([C@@H](C)O)ccc2cn1. The maximum atomic E-state index is 11.5. The number of Topliss-reactive ketones (excluding diaryl/α,β-unsaturated/α-hetero) is 1. The quantitative estimate of drug-likeness (QED) is 0.925. The van der Waals surface area contributed by atoms with Gasteiger partial charge < -0.3 is 5.11 Å². The van der Waals surface area contributed by atoms with E-state index in [2.05, 4.69) is 4.98 Å². The third-order valence-electron chi connectivity index (χ3n) is 3.83. The predicted molar refractivity (Wildman–Crippen MR) is 85.9 cm³/mol. The van der Waals surface area contributed by atoms with Gasteiger partial charge in [0.1, 0.15) is 5.78 Å². The first kappa shape index (κ1) is 15.4. The molecule has 0 fully saturated rings. The standard InChI is InChI=1S/C18H21NO2/c1-12(20)14-5-6-15-11-19-17(10-16(15)9-14)7-8-18(3,4)13(2)21/h5-12,20H,1-4H3/b8-7+/t12-/m1/s1. The Balaban J connectivity index is 2.38. The van der Waals surface area contributed by atoms with Gasteiger partial charge >= 0.3 is 0 Å². The van der Waals surface area contributed by atoms with E-state index >= 15 is 0 Å². The van der Waals surface area contributed by atoms with Crippen LogP contribution in [-0.2, 0) is 4.79 Å². The topological polar surface area (TPSA) is 50.2 Å². The summed E-state index contributed by atoms with van der Waals surface area (Å²) < 4.78 is 0. The van der Waals surface area contributed by atoms with E-state index in [0.717, 1.165) is 22.0 Å². The summed E-state index contributed by atoms with van der Waals surface area (Å²) in [5.41, 5.74) is 1.20. The van der Waals surface area contributed by atoms with E-state index in [-0.39, 0.29) is 5.78 Å². The highest BCUT2D eigenvalue weighted by Gasteiger charge is 2.19. The van der Waals surface area contributed by atoms with Crippen LogP contribution in [0, 0.1) is 5.41 Å². The van der Waals surface area contributed by atoms with Crippen LogP contribution in [0.1, 0.15) is 45.1 Å². The number of rotatable bonds is 4. The summed E-state index contributed by atoms with van der Waals surface area (Å²) in [6, 6.07) is 7.80. The molecule has 3 heteroatoms. The summed E-state index contributed by atoms with van der Waals surface area (Å²) >= 11 is 0. The molecular weight excluding hydrogens is 262 g/mol. The average Bonchev–Trinajstić information content (AvgIpc) is 2.44. The van der Waals surface area contributed by atoms with Gasteiger partial charge in [-0.2, -0.15) is 0 Å². The van der Waals surface area contributed by atoms with Gasteiger partial charge in [0.05, 0.1) is 11.8 Å². The lowest BCUT2D eigenvalue weighted by Gasteiger charge is -2.15. The van der Waals surface area contributed by atoms with Gasteiger partial charge in [-0.1, -0.05) is 18.2 Å². The van der Waals surface area contributed by atoms with Crippen molar-refractivity contribution in [3.8, 4) is 0 Å². The minimum Gasteiger partial charge on any atom is -0.389 e. The molecule has 0 aliphatic carbocycles.